The zero-order valence-electron chi connectivity index (χ0n) is 20.6. The molecule has 2 nitrogen and oxygen atoms in total. The van der Waals surface area contributed by atoms with E-state index in [0.29, 0.717) is 0 Å². The van der Waals surface area contributed by atoms with Crippen LogP contribution in [-0.2, 0) is 21.1 Å². The fourth-order valence-electron chi connectivity index (χ4n) is 4.96. The average Bonchev–Trinajstić information content (AvgIpc) is 3.00. The van der Waals surface area contributed by atoms with Gasteiger partial charge in [0.1, 0.15) is 0 Å². The fourth-order valence-corrected chi connectivity index (χ4v) is 9.39. The van der Waals surface area contributed by atoms with Crippen LogP contribution in [0.4, 0.5) is 0 Å². The molecule has 2 heterocycles. The van der Waals surface area contributed by atoms with Crippen LogP contribution in [0.15, 0.2) is 146 Å². The standard InChI is InChI=1S/C34H24N2Si.Pt/c1-5-15-27(16-6-1)31-23-13-25-33(35-31)37(29-19-9-3-10-20-29,30-21-11-4-12-22-30)34-26-14-24-32(36-34)28-17-7-2-8-18-28;/h1-15,17,19-26H;/q-2;+2. The molecule has 0 radical (unpaired) electrons. The molecule has 184 valence electrons. The third-order valence-corrected chi connectivity index (χ3v) is 11.1. The summed E-state index contributed by atoms with van der Waals surface area (Å²) in [4.78, 5) is 10.7. The fraction of sp³-hybridized carbons (Fsp3) is 0. The van der Waals surface area contributed by atoms with E-state index in [9.17, 15) is 0 Å². The normalized spacial score (nSPS) is 10.9. The summed E-state index contributed by atoms with van der Waals surface area (Å²) in [6.45, 7) is 0. The van der Waals surface area contributed by atoms with Crippen molar-refractivity contribution in [3.05, 3.63) is 158 Å². The van der Waals surface area contributed by atoms with Gasteiger partial charge in [-0.15, -0.1) is 71.8 Å². The molecule has 0 unspecified atom stereocenters. The van der Waals surface area contributed by atoms with E-state index in [4.69, 9.17) is 9.97 Å². The Hall–Kier alpha value is -3.91. The molecule has 0 aliphatic carbocycles. The van der Waals surface area contributed by atoms with Crippen molar-refractivity contribution < 1.29 is 21.1 Å². The first-order valence-electron chi connectivity index (χ1n) is 12.4. The van der Waals surface area contributed by atoms with Crippen molar-refractivity contribution in [1.29, 1.82) is 0 Å². The molecule has 0 spiro atoms. The van der Waals surface area contributed by atoms with Crippen molar-refractivity contribution in [2.24, 2.45) is 0 Å². The Bertz CT molecular complexity index is 1480. The molecule has 38 heavy (non-hydrogen) atoms. The van der Waals surface area contributed by atoms with E-state index in [2.05, 4.69) is 121 Å². The summed E-state index contributed by atoms with van der Waals surface area (Å²) >= 11 is 0. The van der Waals surface area contributed by atoms with Gasteiger partial charge in [0.15, 0.2) is 0 Å². The first kappa shape index (κ1) is 25.7. The molecule has 0 fully saturated rings. The van der Waals surface area contributed by atoms with Crippen LogP contribution in [0.3, 0.4) is 0 Å². The van der Waals surface area contributed by atoms with E-state index < -0.39 is 8.07 Å². The van der Waals surface area contributed by atoms with Crippen LogP contribution in [-0.4, -0.2) is 18.0 Å². The zero-order valence-corrected chi connectivity index (χ0v) is 23.8. The smallest absolute Gasteiger partial charge is 0.305 e. The molecule has 6 aromatic rings. The van der Waals surface area contributed by atoms with Crippen molar-refractivity contribution in [2.75, 3.05) is 0 Å². The molecular weight excluding hydrogens is 660 g/mol. The van der Waals surface area contributed by atoms with Crippen molar-refractivity contribution in [3.63, 3.8) is 0 Å². The maximum atomic E-state index is 5.33. The second-order valence-corrected chi connectivity index (χ2v) is 12.5. The predicted octanol–water partition coefficient (Wildman–Crippen LogP) is 4.79. The monoisotopic (exact) mass is 683 g/mol. The predicted molar refractivity (Wildman–Crippen MR) is 154 cm³/mol. The molecule has 0 saturated carbocycles. The maximum absolute atomic E-state index is 5.33. The van der Waals surface area contributed by atoms with Gasteiger partial charge in [-0.1, -0.05) is 84.9 Å². The Balaban J connectivity index is 0.00000294. The van der Waals surface area contributed by atoms with E-state index in [-0.39, 0.29) is 21.1 Å². The maximum Gasteiger partial charge on any atom is 2.00 e. The molecular formula is C34H24N2PtSi. The Kier molecular flexibility index (Phi) is 7.88. The van der Waals surface area contributed by atoms with Crippen molar-refractivity contribution in [2.45, 2.75) is 0 Å². The molecule has 0 bridgehead atoms. The van der Waals surface area contributed by atoms with Gasteiger partial charge in [-0.25, -0.2) is 0 Å². The third-order valence-electron chi connectivity index (χ3n) is 6.65. The van der Waals surface area contributed by atoms with Crippen molar-refractivity contribution in [1.82, 2.24) is 9.97 Å². The van der Waals surface area contributed by atoms with Gasteiger partial charge in [0.05, 0.1) is 0 Å². The molecule has 6 rings (SSSR count). The molecule has 0 saturated heterocycles. The van der Waals surface area contributed by atoms with E-state index >= 15 is 0 Å². The van der Waals surface area contributed by atoms with Gasteiger partial charge < -0.3 is 9.97 Å². The molecule has 4 aromatic carbocycles. The average molecular weight is 684 g/mol. The zero-order chi connectivity index (χ0) is 24.9. The molecule has 0 aliphatic heterocycles. The molecule has 0 atom stereocenters. The van der Waals surface area contributed by atoms with Crippen LogP contribution < -0.4 is 21.0 Å². The van der Waals surface area contributed by atoms with E-state index in [1.165, 1.54) is 10.4 Å². The quantitative estimate of drug-likeness (QED) is 0.187. The first-order chi connectivity index (χ1) is 18.4. The molecule has 0 amide bonds. The van der Waals surface area contributed by atoms with Gasteiger partial charge >= 0.3 is 21.1 Å². The van der Waals surface area contributed by atoms with E-state index in [1.54, 1.807) is 0 Å². The number of benzene rings is 4. The number of pyridine rings is 2. The summed E-state index contributed by atoms with van der Waals surface area (Å²) in [7, 11) is -2.88. The van der Waals surface area contributed by atoms with Crippen LogP contribution in [0.25, 0.3) is 22.5 Å². The van der Waals surface area contributed by atoms with E-state index in [0.717, 1.165) is 33.1 Å². The van der Waals surface area contributed by atoms with Gasteiger partial charge in [0.25, 0.3) is 0 Å². The number of hydrogen-bond donors (Lipinski definition) is 0. The minimum absolute atomic E-state index is 0. The summed E-state index contributed by atoms with van der Waals surface area (Å²) in [5.41, 5.74) is 3.78. The van der Waals surface area contributed by atoms with Gasteiger partial charge in [-0.3, -0.25) is 0 Å². The SMILES string of the molecule is [Pt+2].[c-]1ccccc1-c1cccc([Si](c2ccccc2)(c2ccccc2)c2cccc(-c3[c-]cccc3)n2)n1. The minimum atomic E-state index is -2.88. The summed E-state index contributed by atoms with van der Waals surface area (Å²) in [5.74, 6) is 0. The van der Waals surface area contributed by atoms with Gasteiger partial charge in [-0.2, -0.15) is 0 Å². The Morgan fingerprint density at radius 1 is 0.421 bits per heavy atom. The summed E-state index contributed by atoms with van der Waals surface area (Å²) < 4.78 is 0. The topological polar surface area (TPSA) is 25.8 Å². The Morgan fingerprint density at radius 3 is 1.24 bits per heavy atom. The summed E-state index contributed by atoms with van der Waals surface area (Å²) in [6.07, 6.45) is 0. The van der Waals surface area contributed by atoms with Crippen molar-refractivity contribution in [3.8, 4) is 22.5 Å². The number of hydrogen-bond acceptors (Lipinski definition) is 2. The molecule has 0 N–H and O–H groups in total. The van der Waals surface area contributed by atoms with Crippen LogP contribution in [0.2, 0.25) is 0 Å². The van der Waals surface area contributed by atoms with Crippen molar-refractivity contribution >= 4 is 29.1 Å². The Labute approximate surface area is 239 Å². The molecule has 0 aliphatic rings. The van der Waals surface area contributed by atoms with Gasteiger partial charge in [-0.05, 0) is 33.9 Å². The second-order valence-electron chi connectivity index (χ2n) is 8.85. The third kappa shape index (κ3) is 4.83. The molecule has 4 heteroatoms. The summed E-state index contributed by atoms with van der Waals surface area (Å²) in [6, 6.07) is 56.9. The number of aromatic nitrogens is 2. The van der Waals surface area contributed by atoms with Crippen LogP contribution in [0.1, 0.15) is 0 Å². The number of rotatable bonds is 6. The largest absolute Gasteiger partial charge is 2.00 e. The second kappa shape index (κ2) is 11.6. The van der Waals surface area contributed by atoms with Crippen LogP contribution >= 0.6 is 0 Å². The Morgan fingerprint density at radius 2 is 0.842 bits per heavy atom. The van der Waals surface area contributed by atoms with Gasteiger partial charge in [0, 0.05) is 10.6 Å². The van der Waals surface area contributed by atoms with E-state index in [1.807, 2.05) is 36.4 Å². The van der Waals surface area contributed by atoms with Gasteiger partial charge in [0.2, 0.25) is 8.07 Å². The first-order valence-corrected chi connectivity index (χ1v) is 14.4. The molecule has 2 aromatic heterocycles. The summed E-state index contributed by atoms with van der Waals surface area (Å²) in [5, 5.41) is 4.57. The minimum Gasteiger partial charge on any atom is -0.305 e. The number of nitrogens with zero attached hydrogens (tertiary/aromatic N) is 2. The van der Waals surface area contributed by atoms with Crippen LogP contribution in [0.5, 0.6) is 0 Å². The van der Waals surface area contributed by atoms with Crippen LogP contribution in [0, 0.1) is 12.1 Å².